The van der Waals surface area contributed by atoms with Crippen LogP contribution in [0, 0.1) is 10.1 Å². The first-order valence-corrected chi connectivity index (χ1v) is 9.06. The highest BCUT2D eigenvalue weighted by molar-refractivity contribution is 6.10. The third-order valence-corrected chi connectivity index (χ3v) is 4.87. The molecule has 1 heterocycles. The van der Waals surface area contributed by atoms with E-state index in [1.807, 2.05) is 36.4 Å². The molecule has 0 saturated heterocycles. The first kappa shape index (κ1) is 17.7. The van der Waals surface area contributed by atoms with Crippen LogP contribution in [0.4, 0.5) is 17.1 Å². The number of nitro benzene ring substituents is 1. The van der Waals surface area contributed by atoms with Crippen LogP contribution < -0.4 is 4.90 Å². The van der Waals surface area contributed by atoms with Gasteiger partial charge in [-0.1, -0.05) is 36.4 Å². The largest absolute Gasteiger partial charge is 0.277 e. The molecule has 0 fully saturated rings. The molecular weight excluding hydrogens is 352 g/mol. The summed E-state index contributed by atoms with van der Waals surface area (Å²) < 4.78 is 0. The molecule has 0 unspecified atom stereocenters. The number of nitrogens with zero attached hydrogens (tertiary/aromatic N) is 2. The van der Waals surface area contributed by atoms with Gasteiger partial charge in [0.25, 0.3) is 11.6 Å². The summed E-state index contributed by atoms with van der Waals surface area (Å²) in [6.07, 6.45) is 4.95. The van der Waals surface area contributed by atoms with Crippen molar-refractivity contribution in [2.75, 3.05) is 4.90 Å². The number of rotatable bonds is 3. The molecule has 28 heavy (non-hydrogen) atoms. The molecule has 1 amide bonds. The van der Waals surface area contributed by atoms with E-state index in [4.69, 9.17) is 0 Å². The maximum Gasteiger partial charge on any atom is 0.269 e. The van der Waals surface area contributed by atoms with Crippen LogP contribution in [-0.4, -0.2) is 10.8 Å². The third-order valence-electron chi connectivity index (χ3n) is 4.87. The van der Waals surface area contributed by atoms with Crippen molar-refractivity contribution in [2.24, 2.45) is 0 Å². The van der Waals surface area contributed by atoms with Crippen molar-refractivity contribution < 1.29 is 9.72 Å². The lowest BCUT2D eigenvalue weighted by molar-refractivity contribution is -0.384. The van der Waals surface area contributed by atoms with Crippen molar-refractivity contribution in [1.82, 2.24) is 0 Å². The fraction of sp³-hybridized carbons (Fsp3) is 0.0870. The standard InChI is InChI=1S/C23H18N2O3/c26-23(16-11-17-9-14-20(15-10-17)25(27)28)24-21-7-3-1-5-18(21)12-13-19-6-2-4-8-22(19)24/h1-11,14-16H,12-13H2. The van der Waals surface area contributed by atoms with Crippen LogP contribution in [0.15, 0.2) is 78.9 Å². The van der Waals surface area contributed by atoms with Gasteiger partial charge in [-0.3, -0.25) is 19.8 Å². The van der Waals surface area contributed by atoms with Crippen LogP contribution in [0.25, 0.3) is 6.08 Å². The van der Waals surface area contributed by atoms with E-state index in [-0.39, 0.29) is 11.6 Å². The highest BCUT2D eigenvalue weighted by Crippen LogP contribution is 2.36. The lowest BCUT2D eigenvalue weighted by Gasteiger charge is -2.23. The average molecular weight is 370 g/mol. The molecule has 3 aromatic carbocycles. The molecule has 0 radical (unpaired) electrons. The first-order valence-electron chi connectivity index (χ1n) is 9.06. The van der Waals surface area contributed by atoms with Crippen LogP contribution in [0.1, 0.15) is 16.7 Å². The number of carbonyl (C=O) groups excluding carboxylic acids is 1. The molecule has 3 aromatic rings. The Morgan fingerprint density at radius 3 is 1.93 bits per heavy atom. The summed E-state index contributed by atoms with van der Waals surface area (Å²) in [4.78, 5) is 25.2. The normalized spacial score (nSPS) is 12.9. The smallest absolute Gasteiger partial charge is 0.269 e. The quantitative estimate of drug-likeness (QED) is 0.367. The molecule has 0 saturated carbocycles. The van der Waals surface area contributed by atoms with E-state index in [1.165, 1.54) is 18.2 Å². The maximum absolute atomic E-state index is 13.2. The van der Waals surface area contributed by atoms with Gasteiger partial charge in [0.2, 0.25) is 0 Å². The lowest BCUT2D eigenvalue weighted by atomic mass is 10.0. The molecule has 5 heteroatoms. The monoisotopic (exact) mass is 370 g/mol. The highest BCUT2D eigenvalue weighted by Gasteiger charge is 2.23. The molecule has 138 valence electrons. The van der Waals surface area contributed by atoms with Gasteiger partial charge in [0.05, 0.1) is 16.3 Å². The van der Waals surface area contributed by atoms with Crippen molar-refractivity contribution in [2.45, 2.75) is 12.8 Å². The Balaban J connectivity index is 1.69. The Morgan fingerprint density at radius 2 is 1.39 bits per heavy atom. The van der Waals surface area contributed by atoms with E-state index >= 15 is 0 Å². The topological polar surface area (TPSA) is 63.4 Å². The summed E-state index contributed by atoms with van der Waals surface area (Å²) in [6.45, 7) is 0. The summed E-state index contributed by atoms with van der Waals surface area (Å²) in [5, 5.41) is 10.8. The van der Waals surface area contributed by atoms with Crippen molar-refractivity contribution in [3.63, 3.8) is 0 Å². The van der Waals surface area contributed by atoms with E-state index in [0.717, 1.165) is 40.9 Å². The molecule has 0 spiro atoms. The molecule has 1 aliphatic rings. The van der Waals surface area contributed by atoms with Crippen LogP contribution in [0.5, 0.6) is 0 Å². The van der Waals surface area contributed by atoms with Crippen LogP contribution in [0.2, 0.25) is 0 Å². The number of amides is 1. The third kappa shape index (κ3) is 3.42. The summed E-state index contributed by atoms with van der Waals surface area (Å²) in [5.41, 5.74) is 4.82. The number of nitro groups is 1. The average Bonchev–Trinajstić information content (AvgIpc) is 2.89. The Morgan fingerprint density at radius 1 is 0.857 bits per heavy atom. The second-order valence-corrected chi connectivity index (χ2v) is 6.61. The predicted octanol–water partition coefficient (Wildman–Crippen LogP) is 5.07. The molecule has 5 nitrogen and oxygen atoms in total. The molecule has 0 bridgehead atoms. The fourth-order valence-corrected chi connectivity index (χ4v) is 3.47. The molecule has 4 rings (SSSR count). The first-order chi connectivity index (χ1) is 13.6. The van der Waals surface area contributed by atoms with Gasteiger partial charge in [0.15, 0.2) is 0 Å². The van der Waals surface area contributed by atoms with Crippen LogP contribution >= 0.6 is 0 Å². The van der Waals surface area contributed by atoms with E-state index in [2.05, 4.69) is 12.1 Å². The number of non-ortho nitro benzene ring substituents is 1. The van der Waals surface area contributed by atoms with Crippen molar-refractivity contribution in [3.05, 3.63) is 106 Å². The van der Waals surface area contributed by atoms with Gasteiger partial charge < -0.3 is 0 Å². The molecular formula is C23H18N2O3. The zero-order valence-electron chi connectivity index (χ0n) is 15.1. The van der Waals surface area contributed by atoms with Crippen molar-refractivity contribution >= 4 is 29.0 Å². The number of anilines is 2. The van der Waals surface area contributed by atoms with Gasteiger partial charge in [0, 0.05) is 18.2 Å². The second-order valence-electron chi connectivity index (χ2n) is 6.61. The zero-order chi connectivity index (χ0) is 19.5. The maximum atomic E-state index is 13.2. The van der Waals surface area contributed by atoms with Gasteiger partial charge in [-0.15, -0.1) is 0 Å². The molecule has 1 aliphatic heterocycles. The minimum Gasteiger partial charge on any atom is -0.277 e. The Labute approximate surface area is 162 Å². The Hall–Kier alpha value is -3.73. The summed E-state index contributed by atoms with van der Waals surface area (Å²) in [6, 6.07) is 22.0. The summed E-state index contributed by atoms with van der Waals surface area (Å²) in [5.74, 6) is -0.153. The van der Waals surface area contributed by atoms with Crippen LogP contribution in [-0.2, 0) is 17.6 Å². The lowest BCUT2D eigenvalue weighted by Crippen LogP contribution is -2.24. The van der Waals surface area contributed by atoms with E-state index < -0.39 is 4.92 Å². The van der Waals surface area contributed by atoms with Gasteiger partial charge in [-0.2, -0.15) is 0 Å². The van der Waals surface area contributed by atoms with E-state index in [9.17, 15) is 14.9 Å². The van der Waals surface area contributed by atoms with Gasteiger partial charge in [-0.05, 0) is 59.9 Å². The Bertz CT molecular complexity index is 1020. The molecule has 0 atom stereocenters. The molecule has 0 N–H and O–H groups in total. The van der Waals surface area contributed by atoms with Gasteiger partial charge in [0.1, 0.15) is 0 Å². The summed E-state index contributed by atoms with van der Waals surface area (Å²) in [7, 11) is 0. The van der Waals surface area contributed by atoms with Crippen molar-refractivity contribution in [3.8, 4) is 0 Å². The van der Waals surface area contributed by atoms with Crippen molar-refractivity contribution in [1.29, 1.82) is 0 Å². The zero-order valence-corrected chi connectivity index (χ0v) is 15.1. The Kier molecular flexibility index (Phi) is 4.72. The SMILES string of the molecule is O=C(C=Cc1ccc([N+](=O)[O-])cc1)N1c2ccccc2CCc2ccccc21. The van der Waals surface area contributed by atoms with E-state index in [1.54, 1.807) is 23.1 Å². The van der Waals surface area contributed by atoms with Gasteiger partial charge in [-0.25, -0.2) is 0 Å². The predicted molar refractivity (Wildman–Crippen MR) is 110 cm³/mol. The number of benzene rings is 3. The molecule has 0 aliphatic carbocycles. The van der Waals surface area contributed by atoms with Crippen LogP contribution in [0.3, 0.4) is 0 Å². The number of hydrogen-bond acceptors (Lipinski definition) is 3. The number of aryl methyl sites for hydroxylation is 2. The number of carbonyl (C=O) groups is 1. The van der Waals surface area contributed by atoms with Gasteiger partial charge >= 0.3 is 0 Å². The fourth-order valence-electron chi connectivity index (χ4n) is 3.47. The van der Waals surface area contributed by atoms with E-state index in [0.29, 0.717) is 0 Å². The molecule has 0 aromatic heterocycles. The number of fused-ring (bicyclic) bond motifs is 2. The summed E-state index contributed by atoms with van der Waals surface area (Å²) >= 11 is 0. The number of para-hydroxylation sites is 2. The minimum atomic E-state index is -0.441. The second kappa shape index (κ2) is 7.48. The highest BCUT2D eigenvalue weighted by atomic mass is 16.6. The minimum absolute atomic E-state index is 0.0267. The number of hydrogen-bond donors (Lipinski definition) is 0.